The van der Waals surface area contributed by atoms with Crippen molar-refractivity contribution in [3.8, 4) is 5.75 Å². The summed E-state index contributed by atoms with van der Waals surface area (Å²) in [4.78, 5) is 13.9. The van der Waals surface area contributed by atoms with E-state index in [9.17, 15) is 4.79 Å². The van der Waals surface area contributed by atoms with Gasteiger partial charge in [0.25, 0.3) is 0 Å². The van der Waals surface area contributed by atoms with Gasteiger partial charge in [-0.25, -0.2) is 4.79 Å². The fourth-order valence-corrected chi connectivity index (χ4v) is 2.78. The van der Waals surface area contributed by atoms with Crippen LogP contribution in [0.2, 0.25) is 0 Å². The molecule has 0 aliphatic carbocycles. The maximum atomic E-state index is 12.2. The van der Waals surface area contributed by atoms with Crippen LogP contribution in [-0.2, 0) is 24.2 Å². The number of nitrogens with zero attached hydrogens (tertiary/aromatic N) is 1. The Morgan fingerprint density at radius 2 is 2.10 bits per heavy atom. The minimum atomic E-state index is -0.476. The van der Waals surface area contributed by atoms with E-state index in [2.05, 4.69) is 0 Å². The van der Waals surface area contributed by atoms with Crippen LogP contribution in [0.5, 0.6) is 5.75 Å². The van der Waals surface area contributed by atoms with Gasteiger partial charge in [0.1, 0.15) is 11.4 Å². The van der Waals surface area contributed by atoms with E-state index in [1.165, 1.54) is 5.56 Å². The van der Waals surface area contributed by atoms with Crippen molar-refractivity contribution in [2.75, 3.05) is 12.3 Å². The van der Waals surface area contributed by atoms with Gasteiger partial charge in [-0.2, -0.15) is 0 Å². The molecule has 0 atom stereocenters. The normalized spacial score (nSPS) is 16.6. The summed E-state index contributed by atoms with van der Waals surface area (Å²) in [5.41, 5.74) is 9.65. The summed E-state index contributed by atoms with van der Waals surface area (Å²) in [5.74, 6) is 0.801. The smallest absolute Gasteiger partial charge is 0.410 e. The molecular weight excluding hydrogens is 256 g/mol. The minimum absolute atomic E-state index is 0.278. The van der Waals surface area contributed by atoms with Crippen molar-refractivity contribution in [2.45, 2.75) is 45.9 Å². The Balaban J connectivity index is 1.85. The van der Waals surface area contributed by atoms with Crippen LogP contribution in [0, 0.1) is 0 Å². The molecule has 2 aliphatic rings. The van der Waals surface area contributed by atoms with Crippen molar-refractivity contribution < 1.29 is 14.3 Å². The number of rotatable bonds is 0. The van der Waals surface area contributed by atoms with Crippen molar-refractivity contribution in [2.24, 2.45) is 0 Å². The van der Waals surface area contributed by atoms with Crippen LogP contribution in [-0.4, -0.2) is 23.2 Å². The minimum Gasteiger partial charge on any atom is -0.491 e. The highest BCUT2D eigenvalue weighted by atomic mass is 16.6. The molecule has 3 rings (SSSR count). The molecule has 1 aromatic rings. The van der Waals surface area contributed by atoms with Gasteiger partial charge in [-0.1, -0.05) is 0 Å². The summed E-state index contributed by atoms with van der Waals surface area (Å²) in [6.07, 6.45) is 0.588. The zero-order chi connectivity index (χ0) is 14.5. The number of ether oxygens (including phenoxy) is 2. The van der Waals surface area contributed by atoms with E-state index >= 15 is 0 Å². The fourth-order valence-electron chi connectivity index (χ4n) is 2.78. The van der Waals surface area contributed by atoms with Gasteiger partial charge >= 0.3 is 6.09 Å². The molecule has 0 spiro atoms. The standard InChI is InChI=1S/C15H20N2O3/c1-15(2,3)20-14(18)17-7-9-6-12(16)13-10(4-5-19-13)11(9)8-17/h6H,4-5,7-8,16H2,1-3H3. The third-order valence-electron chi connectivity index (χ3n) is 3.58. The van der Waals surface area contributed by atoms with E-state index in [4.69, 9.17) is 15.2 Å². The number of fused-ring (bicyclic) bond motifs is 3. The zero-order valence-corrected chi connectivity index (χ0v) is 12.2. The first kappa shape index (κ1) is 13.1. The van der Waals surface area contributed by atoms with Crippen molar-refractivity contribution in [1.29, 1.82) is 0 Å². The van der Waals surface area contributed by atoms with E-state index in [1.54, 1.807) is 4.90 Å². The van der Waals surface area contributed by atoms with Crippen LogP contribution in [0.3, 0.4) is 0 Å². The molecule has 2 heterocycles. The zero-order valence-electron chi connectivity index (χ0n) is 12.2. The summed E-state index contributed by atoms with van der Waals surface area (Å²) < 4.78 is 11.0. The Bertz CT molecular complexity index is 575. The van der Waals surface area contributed by atoms with Crippen LogP contribution in [0.4, 0.5) is 10.5 Å². The van der Waals surface area contributed by atoms with Gasteiger partial charge in [-0.05, 0) is 38.0 Å². The van der Waals surface area contributed by atoms with Crippen molar-refractivity contribution >= 4 is 11.8 Å². The molecule has 0 bridgehead atoms. The summed E-state index contributed by atoms with van der Waals surface area (Å²) in [6, 6.07) is 1.92. The van der Waals surface area contributed by atoms with Crippen LogP contribution in [0.25, 0.3) is 0 Å². The number of hydrogen-bond acceptors (Lipinski definition) is 4. The lowest BCUT2D eigenvalue weighted by Crippen LogP contribution is -2.33. The summed E-state index contributed by atoms with van der Waals surface area (Å²) >= 11 is 0. The quantitative estimate of drug-likeness (QED) is 0.739. The number of carbonyl (C=O) groups is 1. The molecule has 108 valence electrons. The van der Waals surface area contributed by atoms with E-state index < -0.39 is 5.60 Å². The van der Waals surface area contributed by atoms with Crippen LogP contribution < -0.4 is 10.5 Å². The molecule has 5 nitrogen and oxygen atoms in total. The van der Waals surface area contributed by atoms with Crippen molar-refractivity contribution in [3.05, 3.63) is 22.8 Å². The molecule has 0 fully saturated rings. The summed E-state index contributed by atoms with van der Waals surface area (Å²) in [7, 11) is 0. The lowest BCUT2D eigenvalue weighted by molar-refractivity contribution is 0.0241. The number of hydrogen-bond donors (Lipinski definition) is 1. The average molecular weight is 276 g/mol. The molecule has 5 heteroatoms. The Labute approximate surface area is 118 Å². The van der Waals surface area contributed by atoms with Gasteiger partial charge in [0.05, 0.1) is 18.8 Å². The molecule has 0 saturated carbocycles. The SMILES string of the molecule is CC(C)(C)OC(=O)N1Cc2cc(N)c3c(c2C1)CCO3. The highest BCUT2D eigenvalue weighted by molar-refractivity contribution is 5.72. The van der Waals surface area contributed by atoms with E-state index in [0.29, 0.717) is 25.4 Å². The van der Waals surface area contributed by atoms with Crippen LogP contribution in [0.15, 0.2) is 6.07 Å². The Hall–Kier alpha value is -1.91. The van der Waals surface area contributed by atoms with Gasteiger partial charge < -0.3 is 15.2 Å². The third-order valence-corrected chi connectivity index (χ3v) is 3.58. The fraction of sp³-hybridized carbons (Fsp3) is 0.533. The van der Waals surface area contributed by atoms with Crippen molar-refractivity contribution in [1.82, 2.24) is 4.90 Å². The second-order valence-electron chi connectivity index (χ2n) is 6.35. The van der Waals surface area contributed by atoms with Crippen LogP contribution in [0.1, 0.15) is 37.5 Å². The highest BCUT2D eigenvalue weighted by Crippen LogP contribution is 2.40. The largest absolute Gasteiger partial charge is 0.491 e. The number of benzene rings is 1. The molecule has 1 aromatic carbocycles. The first-order chi connectivity index (χ1) is 9.35. The molecule has 0 radical (unpaired) electrons. The predicted molar refractivity (Wildman–Crippen MR) is 75.5 cm³/mol. The second kappa shape index (κ2) is 4.30. The van der Waals surface area contributed by atoms with Gasteiger partial charge in [0.2, 0.25) is 0 Å². The Kier molecular flexibility index (Phi) is 2.81. The predicted octanol–water partition coefficient (Wildman–Crippen LogP) is 2.45. The number of nitrogens with two attached hydrogens (primary N) is 1. The first-order valence-corrected chi connectivity index (χ1v) is 6.89. The Morgan fingerprint density at radius 3 is 2.80 bits per heavy atom. The van der Waals surface area contributed by atoms with Gasteiger partial charge in [-0.3, -0.25) is 4.90 Å². The number of carbonyl (C=O) groups excluding carboxylic acids is 1. The lowest BCUT2D eigenvalue weighted by Gasteiger charge is -2.24. The molecule has 2 aliphatic heterocycles. The monoisotopic (exact) mass is 276 g/mol. The Morgan fingerprint density at radius 1 is 1.35 bits per heavy atom. The lowest BCUT2D eigenvalue weighted by atomic mass is 10.0. The summed E-state index contributed by atoms with van der Waals surface area (Å²) in [5, 5.41) is 0. The first-order valence-electron chi connectivity index (χ1n) is 6.89. The molecule has 2 N–H and O–H groups in total. The van der Waals surface area contributed by atoms with Crippen LogP contribution >= 0.6 is 0 Å². The number of nitrogen functional groups attached to an aromatic ring is 1. The molecule has 0 unspecified atom stereocenters. The molecule has 1 amide bonds. The van der Waals surface area contributed by atoms with E-state index in [0.717, 1.165) is 23.3 Å². The summed E-state index contributed by atoms with van der Waals surface area (Å²) in [6.45, 7) is 7.42. The van der Waals surface area contributed by atoms with E-state index in [1.807, 2.05) is 26.8 Å². The maximum Gasteiger partial charge on any atom is 0.410 e. The molecule has 20 heavy (non-hydrogen) atoms. The van der Waals surface area contributed by atoms with E-state index in [-0.39, 0.29) is 6.09 Å². The number of anilines is 1. The molecule has 0 aromatic heterocycles. The average Bonchev–Trinajstić information content (AvgIpc) is 2.90. The van der Waals surface area contributed by atoms with Gasteiger partial charge in [0.15, 0.2) is 0 Å². The van der Waals surface area contributed by atoms with Gasteiger partial charge in [-0.15, -0.1) is 0 Å². The molecular formula is C15H20N2O3. The molecule has 0 saturated heterocycles. The topological polar surface area (TPSA) is 64.8 Å². The van der Waals surface area contributed by atoms with Gasteiger partial charge in [0, 0.05) is 18.5 Å². The highest BCUT2D eigenvalue weighted by Gasteiger charge is 2.32. The van der Waals surface area contributed by atoms with Crippen molar-refractivity contribution in [3.63, 3.8) is 0 Å². The maximum absolute atomic E-state index is 12.2. The number of amides is 1. The third kappa shape index (κ3) is 2.17. The second-order valence-corrected chi connectivity index (χ2v) is 6.35.